The van der Waals surface area contributed by atoms with Gasteiger partial charge in [0.2, 0.25) is 6.41 Å². The van der Waals surface area contributed by atoms with Crippen LogP contribution in [0.15, 0.2) is 27.2 Å². The van der Waals surface area contributed by atoms with E-state index in [0.717, 1.165) is 0 Å². The highest BCUT2D eigenvalue weighted by atomic mass is 16.4. The van der Waals surface area contributed by atoms with Gasteiger partial charge in [0.1, 0.15) is 0 Å². The fraction of sp³-hybridized carbons (Fsp3) is 0.615. The highest BCUT2D eigenvalue weighted by Crippen LogP contribution is 2.01. The number of carboxylic acid groups (broad SMARTS) is 1. The van der Waals surface area contributed by atoms with Crippen LogP contribution >= 0.6 is 0 Å². The van der Waals surface area contributed by atoms with Crippen LogP contribution in [0.25, 0.3) is 0 Å². The molecule has 8 heteroatoms. The number of azo groups is 1. The lowest BCUT2D eigenvalue weighted by Gasteiger charge is -2.16. The highest BCUT2D eigenvalue weighted by molar-refractivity contribution is 5.67. The van der Waals surface area contributed by atoms with Gasteiger partial charge in [0.25, 0.3) is 0 Å². The molecule has 0 aromatic rings. The fourth-order valence-corrected chi connectivity index (χ4v) is 1.27. The predicted octanol–water partition coefficient (Wildman–Crippen LogP) is 1.46. The third-order valence-corrected chi connectivity index (χ3v) is 2.34. The molecule has 2 N–H and O–H groups in total. The van der Waals surface area contributed by atoms with Gasteiger partial charge in [-0.2, -0.15) is 15.3 Å². The summed E-state index contributed by atoms with van der Waals surface area (Å²) >= 11 is 0. The average molecular weight is 297 g/mol. The second-order valence-electron chi connectivity index (χ2n) is 4.64. The lowest BCUT2D eigenvalue weighted by Crippen LogP contribution is -2.27. The minimum Gasteiger partial charge on any atom is -0.481 e. The Kier molecular flexibility index (Phi) is 10.3. The molecule has 0 aliphatic rings. The van der Waals surface area contributed by atoms with Crippen molar-refractivity contribution >= 4 is 18.6 Å². The van der Waals surface area contributed by atoms with Crippen LogP contribution in [0.1, 0.15) is 26.7 Å². The standard InChI is InChI=1S/C13H23N5O3/c1-11(2)8-16-17-12(9-15-14-3)4-6-18(10-19)7-5-13(20)21/h8-11,17H,4-7H2,1-3H3,(H,20,21)/b12-9-,15-14-,16-8-. The zero-order valence-electron chi connectivity index (χ0n) is 12.7. The summed E-state index contributed by atoms with van der Waals surface area (Å²) in [4.78, 5) is 22.8. The van der Waals surface area contributed by atoms with E-state index in [1.807, 2.05) is 13.8 Å². The van der Waals surface area contributed by atoms with Gasteiger partial charge in [0.15, 0.2) is 0 Å². The molecule has 0 heterocycles. The number of rotatable bonds is 11. The number of hydrogen-bond acceptors (Lipinski definition) is 6. The van der Waals surface area contributed by atoms with E-state index in [4.69, 9.17) is 5.11 Å². The first-order valence-electron chi connectivity index (χ1n) is 6.68. The molecule has 0 aliphatic carbocycles. The lowest BCUT2D eigenvalue weighted by atomic mass is 10.2. The summed E-state index contributed by atoms with van der Waals surface area (Å²) in [6.07, 6.45) is 4.31. The molecule has 0 radical (unpaired) electrons. The second-order valence-corrected chi connectivity index (χ2v) is 4.64. The summed E-state index contributed by atoms with van der Waals surface area (Å²) in [7, 11) is 1.55. The summed E-state index contributed by atoms with van der Waals surface area (Å²) in [5.41, 5.74) is 3.54. The molecule has 118 valence electrons. The largest absolute Gasteiger partial charge is 0.481 e. The summed E-state index contributed by atoms with van der Waals surface area (Å²) < 4.78 is 0. The molecule has 0 saturated carbocycles. The summed E-state index contributed by atoms with van der Waals surface area (Å²) in [6.45, 7) is 4.56. The molecule has 0 spiro atoms. The Morgan fingerprint density at radius 3 is 2.52 bits per heavy atom. The number of hydrazone groups is 1. The Balaban J connectivity index is 4.45. The third-order valence-electron chi connectivity index (χ3n) is 2.34. The lowest BCUT2D eigenvalue weighted by molar-refractivity contribution is -0.137. The van der Waals surface area contributed by atoms with Crippen LogP contribution in [0, 0.1) is 5.92 Å². The van der Waals surface area contributed by atoms with Gasteiger partial charge in [-0.05, 0) is 5.92 Å². The van der Waals surface area contributed by atoms with Crippen molar-refractivity contribution in [2.45, 2.75) is 26.7 Å². The van der Waals surface area contributed by atoms with Crippen LogP contribution in [0.2, 0.25) is 0 Å². The zero-order valence-corrected chi connectivity index (χ0v) is 12.7. The SMILES string of the molecule is C/N=N\C=C(\CCN(C=O)CCC(=O)O)N/N=C\C(C)C. The zero-order chi connectivity index (χ0) is 16.1. The first kappa shape index (κ1) is 18.8. The van der Waals surface area contributed by atoms with E-state index in [0.29, 0.717) is 31.0 Å². The van der Waals surface area contributed by atoms with Gasteiger partial charge in [-0.15, -0.1) is 0 Å². The van der Waals surface area contributed by atoms with E-state index in [1.165, 1.54) is 11.1 Å². The molecule has 0 unspecified atom stereocenters. The summed E-state index contributed by atoms with van der Waals surface area (Å²) in [6, 6.07) is 0. The Morgan fingerprint density at radius 2 is 2.00 bits per heavy atom. The maximum absolute atomic E-state index is 10.9. The first-order chi connectivity index (χ1) is 9.99. The molecule has 1 amide bonds. The van der Waals surface area contributed by atoms with Crippen molar-refractivity contribution < 1.29 is 14.7 Å². The maximum Gasteiger partial charge on any atom is 0.305 e. The normalized spacial score (nSPS) is 12.3. The fourth-order valence-electron chi connectivity index (χ4n) is 1.27. The number of amides is 1. The van der Waals surface area contributed by atoms with Gasteiger partial charge in [0, 0.05) is 32.8 Å². The van der Waals surface area contributed by atoms with Gasteiger partial charge in [0.05, 0.1) is 18.3 Å². The molecule has 8 nitrogen and oxygen atoms in total. The Hall–Kier alpha value is -2.25. The predicted molar refractivity (Wildman–Crippen MR) is 79.8 cm³/mol. The van der Waals surface area contributed by atoms with E-state index in [2.05, 4.69) is 20.8 Å². The third kappa shape index (κ3) is 11.3. The van der Waals surface area contributed by atoms with E-state index in [-0.39, 0.29) is 13.0 Å². The van der Waals surface area contributed by atoms with Crippen molar-refractivity contribution in [3.8, 4) is 0 Å². The topological polar surface area (TPSA) is 107 Å². The van der Waals surface area contributed by atoms with Crippen molar-refractivity contribution in [1.29, 1.82) is 0 Å². The molecule has 0 rings (SSSR count). The summed E-state index contributed by atoms with van der Waals surface area (Å²) in [5, 5.41) is 20.1. The minimum absolute atomic E-state index is 0.0780. The number of carboxylic acids is 1. The van der Waals surface area contributed by atoms with Gasteiger partial charge in [-0.1, -0.05) is 13.8 Å². The monoisotopic (exact) mass is 297 g/mol. The number of carbonyl (C=O) groups excluding carboxylic acids is 1. The van der Waals surface area contributed by atoms with Crippen molar-refractivity contribution in [2.24, 2.45) is 21.2 Å². The minimum atomic E-state index is -0.933. The van der Waals surface area contributed by atoms with E-state index in [9.17, 15) is 9.59 Å². The van der Waals surface area contributed by atoms with Crippen LogP contribution in [-0.4, -0.2) is 48.7 Å². The highest BCUT2D eigenvalue weighted by Gasteiger charge is 2.06. The quantitative estimate of drug-likeness (QED) is 0.260. The average Bonchev–Trinajstić information content (AvgIpc) is 2.43. The van der Waals surface area contributed by atoms with Crippen LogP contribution in [0.3, 0.4) is 0 Å². The van der Waals surface area contributed by atoms with Crippen molar-refractivity contribution in [2.75, 3.05) is 20.1 Å². The molecule has 0 saturated heterocycles. The smallest absolute Gasteiger partial charge is 0.305 e. The van der Waals surface area contributed by atoms with Crippen molar-refractivity contribution in [3.05, 3.63) is 11.9 Å². The molecule has 21 heavy (non-hydrogen) atoms. The first-order valence-corrected chi connectivity index (χ1v) is 6.68. The van der Waals surface area contributed by atoms with Crippen molar-refractivity contribution in [3.63, 3.8) is 0 Å². The van der Waals surface area contributed by atoms with Crippen LogP contribution < -0.4 is 5.43 Å². The number of aliphatic carboxylic acids is 1. The van der Waals surface area contributed by atoms with Crippen molar-refractivity contribution in [1.82, 2.24) is 10.3 Å². The maximum atomic E-state index is 10.9. The molecule has 0 aromatic carbocycles. The molecular weight excluding hydrogens is 274 g/mol. The number of nitrogens with zero attached hydrogens (tertiary/aromatic N) is 4. The van der Waals surface area contributed by atoms with Gasteiger partial charge < -0.3 is 10.0 Å². The van der Waals surface area contributed by atoms with E-state index in [1.54, 1.807) is 13.3 Å². The van der Waals surface area contributed by atoms with Crippen LogP contribution in [-0.2, 0) is 9.59 Å². The number of hydrogen-bond donors (Lipinski definition) is 2. The molecule has 0 aliphatic heterocycles. The van der Waals surface area contributed by atoms with E-state index < -0.39 is 5.97 Å². The van der Waals surface area contributed by atoms with Gasteiger partial charge in [-0.3, -0.25) is 15.0 Å². The molecule has 0 aromatic heterocycles. The Labute approximate surface area is 124 Å². The molecular formula is C13H23N5O3. The Morgan fingerprint density at radius 1 is 1.33 bits per heavy atom. The molecule has 0 atom stereocenters. The molecule has 0 bridgehead atoms. The van der Waals surface area contributed by atoms with Crippen LogP contribution in [0.5, 0.6) is 0 Å². The van der Waals surface area contributed by atoms with Gasteiger partial charge >= 0.3 is 5.97 Å². The number of carbonyl (C=O) groups is 2. The van der Waals surface area contributed by atoms with E-state index >= 15 is 0 Å². The molecule has 0 fully saturated rings. The summed E-state index contributed by atoms with van der Waals surface area (Å²) in [5.74, 6) is -0.620. The number of nitrogens with one attached hydrogen (secondary N) is 1. The second kappa shape index (κ2) is 11.6. The Bertz CT molecular complexity index is 405. The van der Waals surface area contributed by atoms with Gasteiger partial charge in [-0.25, -0.2) is 0 Å². The van der Waals surface area contributed by atoms with Crippen LogP contribution in [0.4, 0.5) is 0 Å².